The van der Waals surface area contributed by atoms with Gasteiger partial charge < -0.3 is 10.1 Å². The summed E-state index contributed by atoms with van der Waals surface area (Å²) < 4.78 is 31.7. The summed E-state index contributed by atoms with van der Waals surface area (Å²) in [5.41, 5.74) is 0.774. The quantitative estimate of drug-likeness (QED) is 0.678. The van der Waals surface area contributed by atoms with Crippen molar-refractivity contribution in [1.82, 2.24) is 0 Å². The molecule has 1 amide bonds. The van der Waals surface area contributed by atoms with E-state index in [-0.39, 0.29) is 0 Å². The molecule has 0 spiro atoms. The molecule has 0 radical (unpaired) electrons. The van der Waals surface area contributed by atoms with Gasteiger partial charge in [-0.05, 0) is 53.2 Å². The second kappa shape index (κ2) is 8.75. The van der Waals surface area contributed by atoms with Gasteiger partial charge in [0.2, 0.25) is 15.9 Å². The van der Waals surface area contributed by atoms with Gasteiger partial charge in [0.15, 0.2) is 0 Å². The molecule has 1 N–H and O–H groups in total. The van der Waals surface area contributed by atoms with Gasteiger partial charge in [-0.2, -0.15) is 0 Å². The van der Waals surface area contributed by atoms with Crippen LogP contribution in [0.25, 0.3) is 0 Å². The molecule has 0 saturated carbocycles. The number of rotatable bonds is 7. The lowest BCUT2D eigenvalue weighted by molar-refractivity contribution is -0.114. The van der Waals surface area contributed by atoms with E-state index in [2.05, 4.69) is 21.2 Å². The Hall–Kier alpha value is -1.77. The molecule has 0 saturated heterocycles. The predicted molar refractivity (Wildman–Crippen MR) is 108 cm³/mol. The molecule has 2 rings (SSSR count). The maximum Gasteiger partial charge on any atom is 0.245 e. The number of carbonyl (C=O) groups is 1. The van der Waals surface area contributed by atoms with Crippen molar-refractivity contribution < 1.29 is 17.9 Å². The molecular formula is C17H18BrClN2O4S. The van der Waals surface area contributed by atoms with E-state index in [0.717, 1.165) is 10.6 Å². The number of anilines is 2. The number of amides is 1. The lowest BCUT2D eigenvalue weighted by Gasteiger charge is -2.24. The molecule has 2 aromatic rings. The number of hydrogen-bond acceptors (Lipinski definition) is 4. The van der Waals surface area contributed by atoms with E-state index in [1.54, 1.807) is 49.4 Å². The number of hydrogen-bond donors (Lipinski definition) is 1. The zero-order chi connectivity index (χ0) is 19.3. The van der Waals surface area contributed by atoms with Gasteiger partial charge in [-0.3, -0.25) is 9.10 Å². The third-order valence-corrected chi connectivity index (χ3v) is 5.68. The minimum Gasteiger partial charge on any atom is -0.492 e. The fourth-order valence-electron chi connectivity index (χ4n) is 2.23. The van der Waals surface area contributed by atoms with Crippen molar-refractivity contribution in [2.75, 3.05) is 29.0 Å². The fourth-order valence-corrected chi connectivity index (χ4v) is 3.51. The molecule has 0 bridgehead atoms. The van der Waals surface area contributed by atoms with Gasteiger partial charge in [-0.25, -0.2) is 8.42 Å². The number of nitrogens with one attached hydrogen (secondary N) is 1. The van der Waals surface area contributed by atoms with Gasteiger partial charge in [0.05, 0.1) is 23.6 Å². The third-order valence-electron chi connectivity index (χ3n) is 3.32. The molecule has 0 atom stereocenters. The fraction of sp³-hybridized carbons (Fsp3) is 0.235. The van der Waals surface area contributed by atoms with Crippen LogP contribution in [0.1, 0.15) is 6.92 Å². The van der Waals surface area contributed by atoms with Gasteiger partial charge in [0, 0.05) is 10.2 Å². The van der Waals surface area contributed by atoms with Crippen LogP contribution in [0.5, 0.6) is 5.75 Å². The van der Waals surface area contributed by atoms with Crippen LogP contribution < -0.4 is 14.4 Å². The molecule has 0 fully saturated rings. The first-order valence-electron chi connectivity index (χ1n) is 7.66. The number of ether oxygens (including phenoxy) is 1. The molecule has 9 heteroatoms. The Labute approximate surface area is 166 Å². The highest BCUT2D eigenvalue weighted by Crippen LogP contribution is 2.30. The number of benzene rings is 2. The minimum absolute atomic E-state index is 0.306. The number of carbonyl (C=O) groups excluding carboxylic acids is 1. The number of halogens is 2. The zero-order valence-corrected chi connectivity index (χ0v) is 17.4. The van der Waals surface area contributed by atoms with Crippen LogP contribution in [0.15, 0.2) is 46.9 Å². The summed E-state index contributed by atoms with van der Waals surface area (Å²) in [6, 6.07) is 11.6. The van der Waals surface area contributed by atoms with Crippen LogP contribution >= 0.6 is 27.5 Å². The molecule has 140 valence electrons. The highest BCUT2D eigenvalue weighted by molar-refractivity contribution is 9.10. The number of sulfonamides is 1. The monoisotopic (exact) mass is 460 g/mol. The van der Waals surface area contributed by atoms with Gasteiger partial charge in [-0.1, -0.05) is 23.7 Å². The molecule has 6 nitrogen and oxygen atoms in total. The summed E-state index contributed by atoms with van der Waals surface area (Å²) >= 11 is 9.28. The topological polar surface area (TPSA) is 75.7 Å². The highest BCUT2D eigenvalue weighted by Gasteiger charge is 2.24. The molecule has 2 aromatic carbocycles. The standard InChI is InChI=1S/C17H18BrClN2O4S/c1-3-25-16-7-5-4-6-15(16)21(26(2,23)24)11-17(22)20-12-8-9-13(18)14(19)10-12/h4-10H,3,11H2,1-2H3,(H,20,22). The summed E-state index contributed by atoms with van der Waals surface area (Å²) in [4.78, 5) is 12.4. The second-order valence-corrected chi connectivity index (χ2v) is 8.52. The SMILES string of the molecule is CCOc1ccccc1N(CC(=O)Nc1ccc(Br)c(Cl)c1)S(C)(=O)=O. The van der Waals surface area contributed by atoms with Gasteiger partial charge in [0.25, 0.3) is 0 Å². The Bertz CT molecular complexity index is 905. The number of para-hydroxylation sites is 2. The van der Waals surface area contributed by atoms with Crippen molar-refractivity contribution >= 4 is 54.8 Å². The summed E-state index contributed by atoms with van der Waals surface area (Å²) in [7, 11) is -3.70. The minimum atomic E-state index is -3.70. The predicted octanol–water partition coefficient (Wildman–Crippen LogP) is 3.91. The van der Waals surface area contributed by atoms with Crippen LogP contribution in [0.2, 0.25) is 5.02 Å². The van der Waals surface area contributed by atoms with Gasteiger partial charge in [-0.15, -0.1) is 0 Å². The van der Waals surface area contributed by atoms with E-state index in [1.165, 1.54) is 0 Å². The van der Waals surface area contributed by atoms with Crippen LogP contribution in [0.4, 0.5) is 11.4 Å². The van der Waals surface area contributed by atoms with E-state index in [9.17, 15) is 13.2 Å². The maximum atomic E-state index is 12.4. The number of nitrogens with zero attached hydrogens (tertiary/aromatic N) is 1. The van der Waals surface area contributed by atoms with Crippen molar-refractivity contribution in [3.05, 3.63) is 52.0 Å². The third kappa shape index (κ3) is 5.36. The largest absolute Gasteiger partial charge is 0.492 e. The molecule has 0 aliphatic rings. The lowest BCUT2D eigenvalue weighted by Crippen LogP contribution is -2.37. The molecular weight excluding hydrogens is 444 g/mol. The lowest BCUT2D eigenvalue weighted by atomic mass is 10.3. The smallest absolute Gasteiger partial charge is 0.245 e. The Morgan fingerprint density at radius 2 is 1.96 bits per heavy atom. The second-order valence-electron chi connectivity index (χ2n) is 5.35. The maximum absolute atomic E-state index is 12.4. The molecule has 0 aromatic heterocycles. The van der Waals surface area contributed by atoms with Crippen LogP contribution in [-0.2, 0) is 14.8 Å². The first kappa shape index (κ1) is 20.5. The van der Waals surface area contributed by atoms with Crippen LogP contribution in [0, 0.1) is 0 Å². The summed E-state index contributed by atoms with van der Waals surface area (Å²) in [5.74, 6) is -0.111. The van der Waals surface area contributed by atoms with E-state index < -0.39 is 22.5 Å². The normalized spacial score (nSPS) is 11.1. The van der Waals surface area contributed by atoms with Gasteiger partial charge >= 0.3 is 0 Å². The molecule has 0 aliphatic heterocycles. The van der Waals surface area contributed by atoms with Crippen LogP contribution in [-0.4, -0.2) is 33.7 Å². The average Bonchev–Trinajstić information content (AvgIpc) is 2.56. The summed E-state index contributed by atoms with van der Waals surface area (Å²) in [6.45, 7) is 1.78. The van der Waals surface area contributed by atoms with Crippen LogP contribution in [0.3, 0.4) is 0 Å². The Balaban J connectivity index is 2.26. The highest BCUT2D eigenvalue weighted by atomic mass is 79.9. The zero-order valence-electron chi connectivity index (χ0n) is 14.2. The Morgan fingerprint density at radius 3 is 2.58 bits per heavy atom. The van der Waals surface area contributed by atoms with E-state index >= 15 is 0 Å². The first-order chi connectivity index (χ1) is 12.2. The van der Waals surface area contributed by atoms with Gasteiger partial charge in [0.1, 0.15) is 12.3 Å². The van der Waals surface area contributed by atoms with E-state index in [4.69, 9.17) is 16.3 Å². The van der Waals surface area contributed by atoms with E-state index in [1.807, 2.05) is 0 Å². The first-order valence-corrected chi connectivity index (χ1v) is 10.7. The van der Waals surface area contributed by atoms with Crippen molar-refractivity contribution in [3.63, 3.8) is 0 Å². The molecule has 26 heavy (non-hydrogen) atoms. The summed E-state index contributed by atoms with van der Waals surface area (Å²) in [6.07, 6.45) is 1.04. The Kier molecular flexibility index (Phi) is 6.91. The van der Waals surface area contributed by atoms with Crippen molar-refractivity contribution in [2.24, 2.45) is 0 Å². The van der Waals surface area contributed by atoms with E-state index in [0.29, 0.717) is 33.2 Å². The molecule has 0 heterocycles. The average molecular weight is 462 g/mol. The summed E-state index contributed by atoms with van der Waals surface area (Å²) in [5, 5.41) is 3.08. The Morgan fingerprint density at radius 1 is 1.27 bits per heavy atom. The van der Waals surface area contributed by atoms with Crippen molar-refractivity contribution in [3.8, 4) is 5.75 Å². The molecule has 0 aliphatic carbocycles. The van der Waals surface area contributed by atoms with Crippen molar-refractivity contribution in [2.45, 2.75) is 6.92 Å². The van der Waals surface area contributed by atoms with Crippen molar-refractivity contribution in [1.29, 1.82) is 0 Å². The molecule has 0 unspecified atom stereocenters.